The lowest BCUT2D eigenvalue weighted by molar-refractivity contribution is 0.374. The molecule has 1 rings (SSSR count). The van der Waals surface area contributed by atoms with Gasteiger partial charge in [0.25, 0.3) is 0 Å². The molecule has 2 nitrogen and oxygen atoms in total. The molecule has 1 aromatic rings. The lowest BCUT2D eigenvalue weighted by Gasteiger charge is -2.31. The molecule has 0 fully saturated rings. The highest BCUT2D eigenvalue weighted by Gasteiger charge is 2.29. The Morgan fingerprint density at radius 2 is 1.00 bits per heavy atom. The monoisotopic (exact) mass is 362 g/mol. The summed E-state index contributed by atoms with van der Waals surface area (Å²) in [6.07, 6.45) is 6.67. The van der Waals surface area contributed by atoms with Gasteiger partial charge in [-0.2, -0.15) is 0 Å². The van der Waals surface area contributed by atoms with Gasteiger partial charge in [-0.3, -0.25) is 0 Å². The molecule has 1 aromatic carbocycles. The highest BCUT2D eigenvalue weighted by atomic mass is 16.3. The summed E-state index contributed by atoms with van der Waals surface area (Å²) in [5.74, 6) is 2.04. The zero-order valence-electron chi connectivity index (χ0n) is 18.4. The Labute approximate surface area is 162 Å². The number of aromatic hydroxyl groups is 2. The molecule has 0 radical (unpaired) electrons. The second kappa shape index (κ2) is 9.15. The number of hydrogen-bond acceptors (Lipinski definition) is 2. The zero-order chi connectivity index (χ0) is 20.1. The van der Waals surface area contributed by atoms with Crippen molar-refractivity contribution in [3.05, 3.63) is 23.3 Å². The predicted octanol–water partition coefficient (Wildman–Crippen LogP) is 7.31. The molecule has 0 aliphatic carbocycles. The van der Waals surface area contributed by atoms with Gasteiger partial charge < -0.3 is 10.2 Å². The van der Waals surface area contributed by atoms with Crippen molar-refractivity contribution in [2.45, 2.75) is 105 Å². The van der Waals surface area contributed by atoms with Gasteiger partial charge in [-0.15, -0.1) is 0 Å². The van der Waals surface area contributed by atoms with E-state index in [1.165, 1.54) is 12.8 Å². The first-order valence-corrected chi connectivity index (χ1v) is 10.4. The summed E-state index contributed by atoms with van der Waals surface area (Å²) in [4.78, 5) is 0. The average molecular weight is 363 g/mol. The third-order valence-electron chi connectivity index (χ3n) is 5.74. The first kappa shape index (κ1) is 22.9. The summed E-state index contributed by atoms with van der Waals surface area (Å²) in [5.41, 5.74) is 1.44. The van der Waals surface area contributed by atoms with E-state index >= 15 is 0 Å². The van der Waals surface area contributed by atoms with Crippen molar-refractivity contribution in [3.63, 3.8) is 0 Å². The molecule has 0 saturated heterocycles. The van der Waals surface area contributed by atoms with Crippen molar-refractivity contribution >= 4 is 0 Å². The van der Waals surface area contributed by atoms with E-state index in [-0.39, 0.29) is 10.8 Å². The van der Waals surface area contributed by atoms with Crippen LogP contribution in [0.1, 0.15) is 105 Å². The van der Waals surface area contributed by atoms with Gasteiger partial charge >= 0.3 is 0 Å². The molecule has 0 saturated carbocycles. The summed E-state index contributed by atoms with van der Waals surface area (Å²) in [6, 6.07) is 3.62. The van der Waals surface area contributed by atoms with E-state index in [0.717, 1.165) is 36.8 Å². The van der Waals surface area contributed by atoms with Gasteiger partial charge in [-0.1, -0.05) is 81.1 Å². The molecular formula is C24H42O2. The Bertz CT molecular complexity index is 516. The lowest BCUT2D eigenvalue weighted by Crippen LogP contribution is -2.20. The lowest BCUT2D eigenvalue weighted by atomic mass is 9.75. The Morgan fingerprint density at radius 3 is 1.27 bits per heavy atom. The topological polar surface area (TPSA) is 40.5 Å². The summed E-state index contributed by atoms with van der Waals surface area (Å²) < 4.78 is 0. The molecule has 0 amide bonds. The quantitative estimate of drug-likeness (QED) is 0.428. The van der Waals surface area contributed by atoms with Crippen LogP contribution in [0.5, 0.6) is 11.5 Å². The van der Waals surface area contributed by atoms with Crippen LogP contribution in [-0.2, 0) is 10.8 Å². The number of phenols is 2. The molecule has 0 aliphatic heterocycles. The molecule has 0 bridgehead atoms. The van der Waals surface area contributed by atoms with Crippen molar-refractivity contribution in [2.24, 2.45) is 11.8 Å². The van der Waals surface area contributed by atoms with E-state index in [1.54, 1.807) is 0 Å². The fraction of sp³-hybridized carbons (Fsp3) is 0.750. The summed E-state index contributed by atoms with van der Waals surface area (Å²) in [7, 11) is 0. The SMILES string of the molecule is CC(C)CCCC(C)(C)c1cc(O)c(C(C)(C)CCCC(C)C)cc1O. The van der Waals surface area contributed by atoms with Gasteiger partial charge in [-0.05, 0) is 47.6 Å². The smallest absolute Gasteiger partial charge is 0.119 e. The van der Waals surface area contributed by atoms with Crippen LogP contribution in [0.25, 0.3) is 0 Å². The summed E-state index contributed by atoms with van der Waals surface area (Å²) >= 11 is 0. The fourth-order valence-corrected chi connectivity index (χ4v) is 3.83. The Kier molecular flexibility index (Phi) is 8.04. The molecule has 0 spiro atoms. The van der Waals surface area contributed by atoms with E-state index in [9.17, 15) is 10.2 Å². The van der Waals surface area contributed by atoms with Crippen LogP contribution < -0.4 is 0 Å². The molecule has 2 N–H and O–H groups in total. The molecular weight excluding hydrogens is 320 g/mol. The van der Waals surface area contributed by atoms with E-state index in [2.05, 4.69) is 55.4 Å². The van der Waals surface area contributed by atoms with Crippen molar-refractivity contribution in [1.29, 1.82) is 0 Å². The van der Waals surface area contributed by atoms with Gasteiger partial charge in [0.2, 0.25) is 0 Å². The van der Waals surface area contributed by atoms with E-state index < -0.39 is 0 Å². The largest absolute Gasteiger partial charge is 0.508 e. The van der Waals surface area contributed by atoms with Crippen LogP contribution in [0, 0.1) is 11.8 Å². The Morgan fingerprint density at radius 1 is 0.692 bits per heavy atom. The van der Waals surface area contributed by atoms with Crippen molar-refractivity contribution < 1.29 is 10.2 Å². The molecule has 0 aliphatic rings. The minimum Gasteiger partial charge on any atom is -0.508 e. The average Bonchev–Trinajstić information content (AvgIpc) is 2.47. The highest BCUT2D eigenvalue weighted by Crippen LogP contribution is 2.43. The third-order valence-corrected chi connectivity index (χ3v) is 5.74. The maximum Gasteiger partial charge on any atom is 0.119 e. The second-order valence-corrected chi connectivity index (χ2v) is 10.2. The van der Waals surface area contributed by atoms with Crippen LogP contribution in [0.15, 0.2) is 12.1 Å². The van der Waals surface area contributed by atoms with Crippen LogP contribution in [-0.4, -0.2) is 10.2 Å². The molecule has 0 atom stereocenters. The van der Waals surface area contributed by atoms with Crippen molar-refractivity contribution in [1.82, 2.24) is 0 Å². The van der Waals surface area contributed by atoms with Gasteiger partial charge in [0.05, 0.1) is 0 Å². The van der Waals surface area contributed by atoms with E-state index in [0.29, 0.717) is 23.3 Å². The number of hydrogen-bond donors (Lipinski definition) is 2. The van der Waals surface area contributed by atoms with Crippen LogP contribution in [0.4, 0.5) is 0 Å². The highest BCUT2D eigenvalue weighted by molar-refractivity contribution is 5.50. The predicted molar refractivity (Wildman–Crippen MR) is 113 cm³/mol. The standard InChI is InChI=1S/C24H42O2/c1-17(2)11-9-13-23(5,6)19-15-22(26)20(16-21(19)25)24(7,8)14-10-12-18(3)4/h15-18,25-26H,9-14H2,1-8H3. The van der Waals surface area contributed by atoms with E-state index in [1.807, 2.05) is 12.1 Å². The first-order chi connectivity index (χ1) is 11.9. The minimum absolute atomic E-state index is 0.142. The number of benzene rings is 1. The molecule has 0 unspecified atom stereocenters. The molecule has 0 aromatic heterocycles. The second-order valence-electron chi connectivity index (χ2n) is 10.2. The van der Waals surface area contributed by atoms with Gasteiger partial charge in [0, 0.05) is 11.1 Å². The molecule has 0 heterocycles. The van der Waals surface area contributed by atoms with Gasteiger partial charge in [0.15, 0.2) is 0 Å². The van der Waals surface area contributed by atoms with Crippen LogP contribution in [0.3, 0.4) is 0 Å². The maximum atomic E-state index is 10.7. The minimum atomic E-state index is -0.142. The number of phenolic OH excluding ortho intramolecular Hbond substituents is 2. The van der Waals surface area contributed by atoms with Gasteiger partial charge in [0.1, 0.15) is 11.5 Å². The van der Waals surface area contributed by atoms with Crippen LogP contribution in [0.2, 0.25) is 0 Å². The molecule has 2 heteroatoms. The Hall–Kier alpha value is -1.18. The van der Waals surface area contributed by atoms with E-state index in [4.69, 9.17) is 0 Å². The zero-order valence-corrected chi connectivity index (χ0v) is 18.4. The maximum absolute atomic E-state index is 10.7. The summed E-state index contributed by atoms with van der Waals surface area (Å²) in [5, 5.41) is 21.5. The fourth-order valence-electron chi connectivity index (χ4n) is 3.83. The van der Waals surface area contributed by atoms with Crippen LogP contribution >= 0.6 is 0 Å². The molecule has 150 valence electrons. The molecule has 26 heavy (non-hydrogen) atoms. The van der Waals surface area contributed by atoms with Gasteiger partial charge in [-0.25, -0.2) is 0 Å². The normalized spacial score (nSPS) is 13.0. The third kappa shape index (κ3) is 6.52. The summed E-state index contributed by atoms with van der Waals surface area (Å²) in [6.45, 7) is 17.6. The Balaban J connectivity index is 2.99. The number of rotatable bonds is 10. The first-order valence-electron chi connectivity index (χ1n) is 10.4. The van der Waals surface area contributed by atoms with Crippen molar-refractivity contribution in [3.8, 4) is 11.5 Å². The van der Waals surface area contributed by atoms with Crippen molar-refractivity contribution in [2.75, 3.05) is 0 Å².